The van der Waals surface area contributed by atoms with Crippen LogP contribution in [0.2, 0.25) is 0 Å². The van der Waals surface area contributed by atoms with E-state index in [0.29, 0.717) is 13.1 Å². The Balaban J connectivity index is 1.38. The van der Waals surface area contributed by atoms with Gasteiger partial charge in [-0.15, -0.1) is 0 Å². The van der Waals surface area contributed by atoms with Crippen LogP contribution in [0.4, 0.5) is 5.69 Å². The second kappa shape index (κ2) is 10.2. The molecular weight excluding hydrogens is 464 g/mol. The molecule has 3 heterocycles. The molecule has 0 radical (unpaired) electrons. The largest absolute Gasteiger partial charge is 0.368 e. The number of aryl methyl sites for hydroxylation is 2. The van der Waals surface area contributed by atoms with Crippen molar-refractivity contribution in [2.75, 3.05) is 31.1 Å². The molecule has 3 aromatic rings. The molecule has 3 amide bonds. The van der Waals surface area contributed by atoms with Gasteiger partial charge >= 0.3 is 0 Å². The van der Waals surface area contributed by atoms with Crippen LogP contribution in [-0.2, 0) is 26.3 Å². The van der Waals surface area contributed by atoms with Gasteiger partial charge in [0, 0.05) is 57.1 Å². The van der Waals surface area contributed by atoms with Crippen molar-refractivity contribution in [2.45, 2.75) is 38.6 Å². The van der Waals surface area contributed by atoms with Crippen LogP contribution in [0.5, 0.6) is 0 Å². The highest BCUT2D eigenvalue weighted by molar-refractivity contribution is 6.10. The molecule has 0 aliphatic carbocycles. The summed E-state index contributed by atoms with van der Waals surface area (Å²) in [6.45, 7) is 6.84. The maximum atomic E-state index is 14.0. The highest BCUT2D eigenvalue weighted by atomic mass is 16.2. The van der Waals surface area contributed by atoms with E-state index in [1.165, 1.54) is 16.2 Å². The summed E-state index contributed by atoms with van der Waals surface area (Å²) < 4.78 is 0. The quantitative estimate of drug-likeness (QED) is 0.487. The van der Waals surface area contributed by atoms with E-state index in [1.54, 1.807) is 24.5 Å². The summed E-state index contributed by atoms with van der Waals surface area (Å²) in [4.78, 5) is 50.4. The highest BCUT2D eigenvalue weighted by Crippen LogP contribution is 2.42. The topological polar surface area (TPSA) is 73.8 Å². The van der Waals surface area contributed by atoms with E-state index < -0.39 is 5.41 Å². The number of rotatable bonds is 6. The molecule has 2 aromatic carbocycles. The van der Waals surface area contributed by atoms with E-state index in [2.05, 4.69) is 28.9 Å². The summed E-state index contributed by atoms with van der Waals surface area (Å²) in [5, 5.41) is 0. The summed E-state index contributed by atoms with van der Waals surface area (Å²) in [5.41, 5.74) is 3.71. The average Bonchev–Trinajstić information content (AvgIpc) is 3.14. The van der Waals surface area contributed by atoms with Gasteiger partial charge in [-0.2, -0.15) is 0 Å². The van der Waals surface area contributed by atoms with E-state index in [9.17, 15) is 14.4 Å². The number of pyridine rings is 1. The Bertz CT molecular complexity index is 1320. The van der Waals surface area contributed by atoms with Crippen molar-refractivity contribution in [2.24, 2.45) is 0 Å². The maximum absolute atomic E-state index is 14.0. The third kappa shape index (κ3) is 4.73. The maximum Gasteiger partial charge on any atom is 0.241 e. The summed E-state index contributed by atoms with van der Waals surface area (Å²) in [7, 11) is 0. The van der Waals surface area contributed by atoms with Crippen LogP contribution in [0.25, 0.3) is 0 Å². The number of carbonyl (C=O) groups excluding carboxylic acids is 3. The number of benzene rings is 2. The molecular formula is C30H32N4O3. The Kier molecular flexibility index (Phi) is 6.78. The lowest BCUT2D eigenvalue weighted by Crippen LogP contribution is -2.51. The minimum atomic E-state index is -1.19. The predicted molar refractivity (Wildman–Crippen MR) is 142 cm³/mol. The number of carbonyl (C=O) groups is 3. The van der Waals surface area contributed by atoms with Gasteiger partial charge in [0.15, 0.2) is 0 Å². The summed E-state index contributed by atoms with van der Waals surface area (Å²) in [6, 6.07) is 19.5. The molecule has 0 spiro atoms. The van der Waals surface area contributed by atoms with E-state index in [4.69, 9.17) is 0 Å². The molecule has 7 heteroatoms. The molecule has 190 valence electrons. The predicted octanol–water partition coefficient (Wildman–Crippen LogP) is 3.63. The summed E-state index contributed by atoms with van der Waals surface area (Å²) >= 11 is 0. The molecule has 7 nitrogen and oxygen atoms in total. The van der Waals surface area contributed by atoms with Gasteiger partial charge in [0.05, 0.1) is 12.0 Å². The second-order valence-electron chi connectivity index (χ2n) is 10.0. The third-order valence-electron chi connectivity index (χ3n) is 7.70. The van der Waals surface area contributed by atoms with Gasteiger partial charge in [0.1, 0.15) is 0 Å². The van der Waals surface area contributed by atoms with Crippen molar-refractivity contribution in [3.8, 4) is 0 Å². The molecule has 37 heavy (non-hydrogen) atoms. The van der Waals surface area contributed by atoms with Crippen LogP contribution in [0.1, 0.15) is 35.1 Å². The normalized spacial score (nSPS) is 20.0. The molecule has 0 bridgehead atoms. The fourth-order valence-electron chi connectivity index (χ4n) is 5.67. The van der Waals surface area contributed by atoms with Crippen molar-refractivity contribution < 1.29 is 14.4 Å². The SMILES string of the molecule is Cc1ccccc1N1CCN(C(=O)CC2(c3ccccc3C)CC(=O)N(Cc3ccncc3)C2=O)CC1. The Morgan fingerprint density at radius 1 is 0.865 bits per heavy atom. The first kappa shape index (κ1) is 24.7. The van der Waals surface area contributed by atoms with Crippen LogP contribution in [-0.4, -0.2) is 58.7 Å². The molecule has 2 saturated heterocycles. The fraction of sp³-hybridized carbons (Fsp3) is 0.333. The van der Waals surface area contributed by atoms with Crippen molar-refractivity contribution in [1.29, 1.82) is 0 Å². The van der Waals surface area contributed by atoms with Crippen LogP contribution in [0.3, 0.4) is 0 Å². The van der Waals surface area contributed by atoms with Crippen molar-refractivity contribution in [3.05, 3.63) is 95.3 Å². The Labute approximate surface area is 217 Å². The monoisotopic (exact) mass is 496 g/mol. The van der Waals surface area contributed by atoms with Gasteiger partial charge in [-0.05, 0) is 54.3 Å². The summed E-state index contributed by atoms with van der Waals surface area (Å²) in [6.07, 6.45) is 3.28. The zero-order valence-corrected chi connectivity index (χ0v) is 21.4. The number of piperazine rings is 1. The standard InChI is InChI=1S/C30H32N4O3/c1-22-7-3-5-9-25(22)30(20-28(36)34(29(30)37)21-24-11-13-31-14-12-24)19-27(35)33-17-15-32(16-18-33)26-10-6-4-8-23(26)2/h3-14H,15-21H2,1-2H3. The number of hydrogen-bond acceptors (Lipinski definition) is 5. The number of hydrogen-bond donors (Lipinski definition) is 0. The number of amides is 3. The lowest BCUT2D eigenvalue weighted by atomic mass is 9.74. The number of likely N-dealkylation sites (tertiary alicyclic amines) is 1. The lowest BCUT2D eigenvalue weighted by molar-refractivity contribution is -0.143. The van der Waals surface area contributed by atoms with Crippen LogP contribution in [0, 0.1) is 13.8 Å². The molecule has 2 fully saturated rings. The first-order chi connectivity index (χ1) is 17.9. The molecule has 5 rings (SSSR count). The average molecular weight is 497 g/mol. The molecule has 0 saturated carbocycles. The smallest absolute Gasteiger partial charge is 0.241 e. The fourth-order valence-corrected chi connectivity index (χ4v) is 5.67. The van der Waals surface area contributed by atoms with E-state index in [0.717, 1.165) is 29.8 Å². The van der Waals surface area contributed by atoms with Crippen LogP contribution < -0.4 is 4.90 Å². The first-order valence-electron chi connectivity index (χ1n) is 12.8. The lowest BCUT2D eigenvalue weighted by Gasteiger charge is -2.38. The minimum Gasteiger partial charge on any atom is -0.368 e. The van der Waals surface area contributed by atoms with E-state index in [-0.39, 0.29) is 37.1 Å². The Morgan fingerprint density at radius 2 is 1.51 bits per heavy atom. The number of nitrogens with zero attached hydrogens (tertiary/aromatic N) is 4. The third-order valence-corrected chi connectivity index (χ3v) is 7.70. The van der Waals surface area contributed by atoms with E-state index >= 15 is 0 Å². The molecule has 1 atom stereocenters. The van der Waals surface area contributed by atoms with Gasteiger partial charge in [-0.25, -0.2) is 0 Å². The van der Waals surface area contributed by atoms with Crippen molar-refractivity contribution in [3.63, 3.8) is 0 Å². The van der Waals surface area contributed by atoms with Crippen LogP contribution >= 0.6 is 0 Å². The Hall–Kier alpha value is -4.00. The molecule has 1 aromatic heterocycles. The van der Waals surface area contributed by atoms with E-state index in [1.807, 2.05) is 48.2 Å². The second-order valence-corrected chi connectivity index (χ2v) is 10.0. The Morgan fingerprint density at radius 3 is 2.19 bits per heavy atom. The number of aromatic nitrogens is 1. The zero-order valence-electron chi connectivity index (χ0n) is 21.4. The van der Waals surface area contributed by atoms with Gasteiger partial charge in [-0.3, -0.25) is 24.3 Å². The van der Waals surface area contributed by atoms with Gasteiger partial charge < -0.3 is 9.80 Å². The van der Waals surface area contributed by atoms with Crippen molar-refractivity contribution in [1.82, 2.24) is 14.8 Å². The van der Waals surface area contributed by atoms with Crippen molar-refractivity contribution >= 4 is 23.4 Å². The number of anilines is 1. The molecule has 0 N–H and O–H groups in total. The molecule has 1 unspecified atom stereocenters. The molecule has 2 aliphatic heterocycles. The van der Waals surface area contributed by atoms with Crippen LogP contribution in [0.15, 0.2) is 73.1 Å². The van der Waals surface area contributed by atoms with Gasteiger partial charge in [-0.1, -0.05) is 42.5 Å². The van der Waals surface area contributed by atoms with Gasteiger partial charge in [0.25, 0.3) is 0 Å². The van der Waals surface area contributed by atoms with Gasteiger partial charge in [0.2, 0.25) is 17.7 Å². The number of para-hydroxylation sites is 1. The minimum absolute atomic E-state index is 0.00329. The highest BCUT2D eigenvalue weighted by Gasteiger charge is 2.54. The molecule has 2 aliphatic rings. The first-order valence-corrected chi connectivity index (χ1v) is 12.8. The summed E-state index contributed by atoms with van der Waals surface area (Å²) in [5.74, 6) is -0.627. The zero-order chi connectivity index (χ0) is 26.0. The number of imide groups is 1.